The molecule has 0 heterocycles. The van der Waals surface area contributed by atoms with Gasteiger partial charge in [-0.15, -0.1) is 0 Å². The Labute approximate surface area is 128 Å². The van der Waals surface area contributed by atoms with Crippen molar-refractivity contribution in [2.24, 2.45) is 0 Å². The molecule has 0 radical (unpaired) electrons. The van der Waals surface area contributed by atoms with E-state index in [0.717, 1.165) is 12.1 Å². The topological polar surface area (TPSA) is 70.0 Å². The van der Waals surface area contributed by atoms with Gasteiger partial charge in [-0.1, -0.05) is 15.9 Å². The number of nitrogens with one attached hydrogen (secondary N) is 1. The van der Waals surface area contributed by atoms with Crippen LogP contribution in [0, 0.1) is 23.0 Å². The first-order chi connectivity index (χ1) is 9.83. The molecule has 0 saturated carbocycles. The van der Waals surface area contributed by atoms with Crippen LogP contribution in [0.5, 0.6) is 0 Å². The summed E-state index contributed by atoms with van der Waals surface area (Å²) >= 11 is 3.14. The lowest BCUT2D eigenvalue weighted by Crippen LogP contribution is -2.15. The smallest absolute Gasteiger partial charge is 0.264 e. The minimum absolute atomic E-state index is 0.0237. The van der Waals surface area contributed by atoms with E-state index < -0.39 is 26.6 Å². The van der Waals surface area contributed by atoms with Crippen LogP contribution in [0.4, 0.5) is 14.5 Å². The van der Waals surface area contributed by atoms with Gasteiger partial charge >= 0.3 is 0 Å². The molecule has 0 aliphatic carbocycles. The van der Waals surface area contributed by atoms with Gasteiger partial charge in [0.25, 0.3) is 10.0 Å². The summed E-state index contributed by atoms with van der Waals surface area (Å²) in [7, 11) is -4.34. The van der Waals surface area contributed by atoms with Crippen LogP contribution in [0.3, 0.4) is 0 Å². The Morgan fingerprint density at radius 1 is 1.14 bits per heavy atom. The summed E-state index contributed by atoms with van der Waals surface area (Å²) in [6.07, 6.45) is 0. The third-order valence-electron chi connectivity index (χ3n) is 2.53. The molecule has 1 N–H and O–H groups in total. The molecular formula is C13H7BrF2N2O2S. The van der Waals surface area contributed by atoms with E-state index in [1.165, 1.54) is 18.2 Å². The molecule has 0 aromatic heterocycles. The molecule has 21 heavy (non-hydrogen) atoms. The minimum Gasteiger partial charge on any atom is -0.278 e. The Bertz CT molecular complexity index is 848. The van der Waals surface area contributed by atoms with Gasteiger partial charge in [0, 0.05) is 4.47 Å². The maximum atomic E-state index is 13.6. The van der Waals surface area contributed by atoms with Crippen LogP contribution in [0.1, 0.15) is 5.56 Å². The Kier molecular flexibility index (Phi) is 4.25. The second-order valence-electron chi connectivity index (χ2n) is 3.98. The van der Waals surface area contributed by atoms with Crippen molar-refractivity contribution in [2.45, 2.75) is 4.90 Å². The van der Waals surface area contributed by atoms with Crippen LogP contribution in [0.2, 0.25) is 0 Å². The number of anilines is 1. The molecule has 0 aliphatic rings. The highest BCUT2D eigenvalue weighted by atomic mass is 79.9. The first-order valence-corrected chi connectivity index (χ1v) is 7.78. The van der Waals surface area contributed by atoms with Crippen LogP contribution in [0.15, 0.2) is 45.8 Å². The van der Waals surface area contributed by atoms with Gasteiger partial charge < -0.3 is 0 Å². The molecule has 0 unspecified atom stereocenters. The van der Waals surface area contributed by atoms with E-state index >= 15 is 0 Å². The van der Waals surface area contributed by atoms with Crippen molar-refractivity contribution in [3.05, 3.63) is 58.1 Å². The summed E-state index contributed by atoms with van der Waals surface area (Å²) in [6, 6.07) is 8.18. The molecule has 0 fully saturated rings. The fraction of sp³-hybridized carbons (Fsp3) is 0. The molecule has 0 aliphatic heterocycles. The van der Waals surface area contributed by atoms with E-state index in [0.29, 0.717) is 10.5 Å². The molecule has 0 atom stereocenters. The largest absolute Gasteiger partial charge is 0.278 e. The third-order valence-corrected chi connectivity index (χ3v) is 4.40. The second-order valence-corrected chi connectivity index (χ2v) is 6.55. The number of halogens is 3. The fourth-order valence-electron chi connectivity index (χ4n) is 1.58. The lowest BCUT2D eigenvalue weighted by molar-refractivity contribution is 0.555. The fourth-order valence-corrected chi connectivity index (χ4v) is 3.11. The van der Waals surface area contributed by atoms with Crippen molar-refractivity contribution in [2.75, 3.05) is 4.72 Å². The number of nitriles is 1. The normalized spacial score (nSPS) is 11.0. The summed E-state index contributed by atoms with van der Waals surface area (Å²) in [5.41, 5.74) is 0.0223. The minimum atomic E-state index is -4.34. The Morgan fingerprint density at radius 3 is 2.52 bits per heavy atom. The third kappa shape index (κ3) is 3.37. The summed E-state index contributed by atoms with van der Waals surface area (Å²) in [5, 5.41) is 8.97. The van der Waals surface area contributed by atoms with Crippen molar-refractivity contribution < 1.29 is 17.2 Å². The van der Waals surface area contributed by atoms with Crippen LogP contribution in [-0.4, -0.2) is 8.42 Å². The zero-order valence-electron chi connectivity index (χ0n) is 10.3. The quantitative estimate of drug-likeness (QED) is 0.897. The molecule has 4 nitrogen and oxygen atoms in total. The molecular weight excluding hydrogens is 366 g/mol. The Hall–Kier alpha value is -1.98. The predicted octanol–water partition coefficient (Wildman–Crippen LogP) is 3.40. The molecule has 8 heteroatoms. The maximum absolute atomic E-state index is 13.6. The van der Waals surface area contributed by atoms with Gasteiger partial charge in [-0.05, 0) is 36.4 Å². The van der Waals surface area contributed by atoms with Crippen molar-refractivity contribution in [3.8, 4) is 6.07 Å². The monoisotopic (exact) mass is 372 g/mol. The highest BCUT2D eigenvalue weighted by molar-refractivity contribution is 9.10. The molecule has 0 bridgehead atoms. The van der Waals surface area contributed by atoms with Gasteiger partial charge in [-0.2, -0.15) is 5.26 Å². The zero-order chi connectivity index (χ0) is 15.6. The molecule has 2 rings (SSSR count). The van der Waals surface area contributed by atoms with Crippen LogP contribution < -0.4 is 4.72 Å². The number of nitrogens with zero attached hydrogens (tertiary/aromatic N) is 1. The second kappa shape index (κ2) is 5.79. The Balaban J connectivity index is 2.48. The number of rotatable bonds is 3. The van der Waals surface area contributed by atoms with E-state index in [9.17, 15) is 17.2 Å². The summed E-state index contributed by atoms with van der Waals surface area (Å²) in [6.45, 7) is 0. The van der Waals surface area contributed by atoms with Gasteiger partial charge in [0.2, 0.25) is 0 Å². The summed E-state index contributed by atoms with van der Waals surface area (Å²) in [4.78, 5) is -0.825. The molecule has 2 aromatic rings. The van der Waals surface area contributed by atoms with Gasteiger partial charge in [0.05, 0.1) is 11.3 Å². The van der Waals surface area contributed by atoms with Crippen molar-refractivity contribution in [3.63, 3.8) is 0 Å². The van der Waals surface area contributed by atoms with Crippen LogP contribution in [-0.2, 0) is 10.0 Å². The lowest BCUT2D eigenvalue weighted by Gasteiger charge is -2.10. The molecule has 0 saturated heterocycles. The Morgan fingerprint density at radius 2 is 1.86 bits per heavy atom. The van der Waals surface area contributed by atoms with Crippen molar-refractivity contribution in [1.29, 1.82) is 5.26 Å². The highest BCUT2D eigenvalue weighted by Crippen LogP contribution is 2.24. The van der Waals surface area contributed by atoms with E-state index in [-0.39, 0.29) is 11.3 Å². The SMILES string of the molecule is N#Cc1cc(Br)ccc1NS(=O)(=O)c1cc(F)ccc1F. The highest BCUT2D eigenvalue weighted by Gasteiger charge is 2.21. The van der Waals surface area contributed by atoms with Gasteiger partial charge in [0.15, 0.2) is 0 Å². The zero-order valence-corrected chi connectivity index (χ0v) is 12.7. The van der Waals surface area contributed by atoms with E-state index in [4.69, 9.17) is 5.26 Å². The number of hydrogen-bond acceptors (Lipinski definition) is 3. The van der Waals surface area contributed by atoms with E-state index in [2.05, 4.69) is 20.7 Å². The summed E-state index contributed by atoms with van der Waals surface area (Å²) in [5.74, 6) is -1.97. The van der Waals surface area contributed by atoms with E-state index in [1.807, 2.05) is 6.07 Å². The van der Waals surface area contributed by atoms with Gasteiger partial charge in [-0.3, -0.25) is 4.72 Å². The average Bonchev–Trinajstić information content (AvgIpc) is 2.43. The molecule has 108 valence electrons. The van der Waals surface area contributed by atoms with Gasteiger partial charge in [-0.25, -0.2) is 17.2 Å². The first kappa shape index (κ1) is 15.4. The van der Waals surface area contributed by atoms with Crippen LogP contribution in [0.25, 0.3) is 0 Å². The average molecular weight is 373 g/mol. The number of sulfonamides is 1. The standard InChI is InChI=1S/C13H7BrF2N2O2S/c14-9-1-4-12(8(5-9)7-17)18-21(19,20)13-6-10(15)2-3-11(13)16/h1-6,18H. The lowest BCUT2D eigenvalue weighted by atomic mass is 10.2. The molecule has 0 amide bonds. The first-order valence-electron chi connectivity index (χ1n) is 5.51. The van der Waals surface area contributed by atoms with Crippen LogP contribution >= 0.6 is 15.9 Å². The number of benzene rings is 2. The van der Waals surface area contributed by atoms with Crippen molar-refractivity contribution in [1.82, 2.24) is 0 Å². The maximum Gasteiger partial charge on any atom is 0.264 e. The predicted molar refractivity (Wildman–Crippen MR) is 76.0 cm³/mol. The summed E-state index contributed by atoms with van der Waals surface area (Å²) < 4.78 is 53.5. The molecule has 2 aromatic carbocycles. The molecule has 0 spiro atoms. The van der Waals surface area contributed by atoms with Gasteiger partial charge in [0.1, 0.15) is 22.6 Å². The van der Waals surface area contributed by atoms with E-state index in [1.54, 1.807) is 0 Å². The number of hydrogen-bond donors (Lipinski definition) is 1. The van der Waals surface area contributed by atoms with Crippen molar-refractivity contribution >= 4 is 31.6 Å².